The number of nitrogens with one attached hydrogen (secondary N) is 1. The molecular formula is C17H17N3O. The Balaban J connectivity index is 2.10. The molecule has 0 atom stereocenters. The summed E-state index contributed by atoms with van der Waals surface area (Å²) in [6.45, 7) is 6.09. The van der Waals surface area contributed by atoms with E-state index in [1.54, 1.807) is 18.5 Å². The number of hydrogen-bond acceptors (Lipinski definition) is 4. The summed E-state index contributed by atoms with van der Waals surface area (Å²) in [5, 5.41) is 13.9. The maximum Gasteiger partial charge on any atom is 0.141 e. The van der Waals surface area contributed by atoms with Gasteiger partial charge in [-0.05, 0) is 61.7 Å². The molecule has 3 aromatic rings. The van der Waals surface area contributed by atoms with E-state index in [4.69, 9.17) is 0 Å². The molecule has 4 nitrogen and oxygen atoms in total. The van der Waals surface area contributed by atoms with Crippen LogP contribution in [-0.4, -0.2) is 15.1 Å². The summed E-state index contributed by atoms with van der Waals surface area (Å²) in [6, 6.07) is 9.52. The van der Waals surface area contributed by atoms with E-state index in [0.29, 0.717) is 0 Å². The topological polar surface area (TPSA) is 58.0 Å². The van der Waals surface area contributed by atoms with Crippen molar-refractivity contribution in [1.82, 2.24) is 9.97 Å². The third-order valence-corrected chi connectivity index (χ3v) is 3.58. The predicted octanol–water partition coefficient (Wildman–Crippen LogP) is 4.00. The van der Waals surface area contributed by atoms with Crippen molar-refractivity contribution in [2.75, 3.05) is 5.32 Å². The summed E-state index contributed by atoms with van der Waals surface area (Å²) in [7, 11) is 0. The van der Waals surface area contributed by atoms with Gasteiger partial charge in [-0.3, -0.25) is 0 Å². The van der Waals surface area contributed by atoms with E-state index in [1.807, 2.05) is 13.0 Å². The minimum atomic E-state index is 0.239. The molecule has 1 aromatic heterocycles. The van der Waals surface area contributed by atoms with Crippen LogP contribution in [0.25, 0.3) is 10.9 Å². The van der Waals surface area contributed by atoms with Crippen molar-refractivity contribution in [2.24, 2.45) is 0 Å². The lowest BCUT2D eigenvalue weighted by Crippen LogP contribution is -1.97. The quantitative estimate of drug-likeness (QED) is 0.744. The molecule has 2 aromatic carbocycles. The van der Waals surface area contributed by atoms with Crippen LogP contribution >= 0.6 is 0 Å². The van der Waals surface area contributed by atoms with Crippen LogP contribution in [0.2, 0.25) is 0 Å². The second-order valence-electron chi connectivity index (χ2n) is 5.36. The van der Waals surface area contributed by atoms with Gasteiger partial charge in [-0.2, -0.15) is 0 Å². The Morgan fingerprint density at radius 1 is 0.905 bits per heavy atom. The number of anilines is 2. The van der Waals surface area contributed by atoms with Gasteiger partial charge in [0.25, 0.3) is 0 Å². The van der Waals surface area contributed by atoms with Gasteiger partial charge in [-0.25, -0.2) is 9.97 Å². The summed E-state index contributed by atoms with van der Waals surface area (Å²) in [6.07, 6.45) is 1.55. The molecular weight excluding hydrogens is 262 g/mol. The van der Waals surface area contributed by atoms with E-state index in [2.05, 4.69) is 41.3 Å². The third-order valence-electron chi connectivity index (χ3n) is 3.58. The van der Waals surface area contributed by atoms with Crippen LogP contribution in [0.5, 0.6) is 5.75 Å². The molecule has 0 aliphatic rings. The molecule has 0 bridgehead atoms. The van der Waals surface area contributed by atoms with Gasteiger partial charge in [-0.1, -0.05) is 0 Å². The number of phenols is 1. The molecule has 0 saturated heterocycles. The highest BCUT2D eigenvalue weighted by Gasteiger charge is 2.07. The number of nitrogens with zero attached hydrogens (tertiary/aromatic N) is 2. The van der Waals surface area contributed by atoms with Crippen molar-refractivity contribution in [3.63, 3.8) is 0 Å². The Hall–Kier alpha value is -2.62. The lowest BCUT2D eigenvalue weighted by atomic mass is 10.1. The molecule has 106 valence electrons. The van der Waals surface area contributed by atoms with Crippen LogP contribution in [0, 0.1) is 20.8 Å². The van der Waals surface area contributed by atoms with Gasteiger partial charge < -0.3 is 10.4 Å². The molecule has 0 fully saturated rings. The van der Waals surface area contributed by atoms with Gasteiger partial charge in [0.2, 0.25) is 0 Å². The maximum absolute atomic E-state index is 9.69. The van der Waals surface area contributed by atoms with Crippen LogP contribution in [0.15, 0.2) is 36.7 Å². The zero-order valence-electron chi connectivity index (χ0n) is 12.3. The lowest BCUT2D eigenvalue weighted by Gasteiger charge is -2.11. The highest BCUT2D eigenvalue weighted by molar-refractivity contribution is 5.91. The fraction of sp³-hybridized carbons (Fsp3) is 0.176. The minimum Gasteiger partial charge on any atom is -0.508 e. The number of hydrogen-bond donors (Lipinski definition) is 2. The summed E-state index contributed by atoms with van der Waals surface area (Å²) >= 11 is 0. The number of aromatic hydroxyl groups is 1. The van der Waals surface area contributed by atoms with Crippen molar-refractivity contribution in [3.8, 4) is 5.75 Å². The molecule has 0 amide bonds. The molecule has 2 N–H and O–H groups in total. The first-order valence-corrected chi connectivity index (χ1v) is 6.82. The zero-order valence-corrected chi connectivity index (χ0v) is 12.3. The second kappa shape index (κ2) is 5.05. The lowest BCUT2D eigenvalue weighted by molar-refractivity contribution is 0.475. The first-order chi connectivity index (χ1) is 10.0. The number of phenolic OH excluding ortho intramolecular Hbond substituents is 1. The molecule has 4 heteroatoms. The monoisotopic (exact) mass is 279 g/mol. The van der Waals surface area contributed by atoms with Gasteiger partial charge in [0, 0.05) is 17.1 Å². The largest absolute Gasteiger partial charge is 0.508 e. The number of fused-ring (bicyclic) bond motifs is 1. The SMILES string of the molecule is Cc1cc(O)cc(Nc2ncnc3cc(C)c(C)cc23)c1. The Labute approximate surface area is 123 Å². The van der Waals surface area contributed by atoms with E-state index in [0.717, 1.165) is 28.0 Å². The number of aromatic nitrogens is 2. The summed E-state index contributed by atoms with van der Waals surface area (Å²) in [5.41, 5.74) is 5.12. The van der Waals surface area contributed by atoms with Crippen molar-refractivity contribution in [3.05, 3.63) is 53.3 Å². The van der Waals surface area contributed by atoms with Gasteiger partial charge in [0.05, 0.1) is 5.52 Å². The maximum atomic E-state index is 9.69. The summed E-state index contributed by atoms with van der Waals surface area (Å²) < 4.78 is 0. The standard InChI is InChI=1S/C17H17N3O/c1-10-4-13(8-14(21)5-10)20-17-15-6-11(2)12(3)7-16(15)18-9-19-17/h4-9,21H,1-3H3,(H,18,19,20). The summed E-state index contributed by atoms with van der Waals surface area (Å²) in [5.74, 6) is 0.982. The Bertz CT molecular complexity index is 807. The number of benzene rings is 2. The highest BCUT2D eigenvalue weighted by Crippen LogP contribution is 2.27. The molecule has 0 saturated carbocycles. The fourth-order valence-corrected chi connectivity index (χ4v) is 2.39. The second-order valence-corrected chi connectivity index (χ2v) is 5.36. The van der Waals surface area contributed by atoms with E-state index < -0.39 is 0 Å². The molecule has 21 heavy (non-hydrogen) atoms. The first-order valence-electron chi connectivity index (χ1n) is 6.82. The van der Waals surface area contributed by atoms with E-state index in [9.17, 15) is 5.11 Å². The van der Waals surface area contributed by atoms with E-state index in [-0.39, 0.29) is 5.75 Å². The van der Waals surface area contributed by atoms with Gasteiger partial charge in [-0.15, -0.1) is 0 Å². The third kappa shape index (κ3) is 2.65. The molecule has 0 aliphatic heterocycles. The molecule has 0 unspecified atom stereocenters. The van der Waals surface area contributed by atoms with Crippen molar-refractivity contribution < 1.29 is 5.11 Å². The minimum absolute atomic E-state index is 0.239. The average Bonchev–Trinajstić information content (AvgIpc) is 2.40. The van der Waals surface area contributed by atoms with Crippen LogP contribution in [0.4, 0.5) is 11.5 Å². The molecule has 0 spiro atoms. The number of aryl methyl sites for hydroxylation is 3. The van der Waals surface area contributed by atoms with Crippen LogP contribution in [-0.2, 0) is 0 Å². The molecule has 3 rings (SSSR count). The van der Waals surface area contributed by atoms with Gasteiger partial charge in [0.15, 0.2) is 0 Å². The Morgan fingerprint density at radius 2 is 1.67 bits per heavy atom. The van der Waals surface area contributed by atoms with Crippen LogP contribution < -0.4 is 5.32 Å². The zero-order chi connectivity index (χ0) is 15.0. The van der Waals surface area contributed by atoms with Crippen molar-refractivity contribution in [2.45, 2.75) is 20.8 Å². The molecule has 1 heterocycles. The predicted molar refractivity (Wildman–Crippen MR) is 85.1 cm³/mol. The molecule has 0 radical (unpaired) electrons. The normalized spacial score (nSPS) is 10.8. The van der Waals surface area contributed by atoms with E-state index in [1.165, 1.54) is 11.1 Å². The number of rotatable bonds is 2. The van der Waals surface area contributed by atoms with Crippen LogP contribution in [0.1, 0.15) is 16.7 Å². The summed E-state index contributed by atoms with van der Waals surface area (Å²) in [4.78, 5) is 8.65. The highest BCUT2D eigenvalue weighted by atomic mass is 16.3. The smallest absolute Gasteiger partial charge is 0.141 e. The first kappa shape index (κ1) is 13.4. The Morgan fingerprint density at radius 3 is 2.43 bits per heavy atom. The average molecular weight is 279 g/mol. The van der Waals surface area contributed by atoms with E-state index >= 15 is 0 Å². The van der Waals surface area contributed by atoms with Gasteiger partial charge >= 0.3 is 0 Å². The fourth-order valence-electron chi connectivity index (χ4n) is 2.39. The van der Waals surface area contributed by atoms with Gasteiger partial charge in [0.1, 0.15) is 17.9 Å². The van der Waals surface area contributed by atoms with Crippen molar-refractivity contribution in [1.29, 1.82) is 0 Å². The Kier molecular flexibility index (Phi) is 3.22. The molecule has 0 aliphatic carbocycles. The van der Waals surface area contributed by atoms with Crippen LogP contribution in [0.3, 0.4) is 0 Å². The van der Waals surface area contributed by atoms with Crippen molar-refractivity contribution >= 4 is 22.4 Å².